The third kappa shape index (κ3) is 4.57. The lowest BCUT2D eigenvalue weighted by molar-refractivity contribution is 0.860. The zero-order chi connectivity index (χ0) is 21.7. The van der Waals surface area contributed by atoms with E-state index in [9.17, 15) is 0 Å². The summed E-state index contributed by atoms with van der Waals surface area (Å²) in [6.45, 7) is 17.6. The molecule has 0 aliphatic rings. The minimum atomic E-state index is 0.279. The van der Waals surface area contributed by atoms with E-state index in [0.717, 1.165) is 26.2 Å². The van der Waals surface area contributed by atoms with Gasteiger partial charge in [0.2, 0.25) is 0 Å². The first-order chi connectivity index (χ1) is 14.5. The second kappa shape index (κ2) is 10.2. The maximum atomic E-state index is 2.42. The fourth-order valence-corrected chi connectivity index (χ4v) is 5.33. The van der Waals surface area contributed by atoms with Crippen molar-refractivity contribution >= 4 is 22.7 Å². The van der Waals surface area contributed by atoms with Crippen LogP contribution in [0.3, 0.4) is 0 Å². The molecular weight excluding hydrogens is 384 g/mol. The van der Waals surface area contributed by atoms with E-state index < -0.39 is 0 Å². The number of aryl methyl sites for hydroxylation is 2. The van der Waals surface area contributed by atoms with Crippen molar-refractivity contribution < 1.29 is 0 Å². The minimum Gasteiger partial charge on any atom is -0.372 e. The van der Waals surface area contributed by atoms with Crippen molar-refractivity contribution in [3.63, 3.8) is 0 Å². The van der Waals surface area contributed by atoms with Crippen LogP contribution >= 0.6 is 11.3 Å². The number of rotatable bonds is 9. The largest absolute Gasteiger partial charge is 0.372 e. The Kier molecular flexibility index (Phi) is 7.60. The highest BCUT2D eigenvalue weighted by Gasteiger charge is 2.22. The van der Waals surface area contributed by atoms with E-state index in [0.29, 0.717) is 0 Å². The average Bonchev–Trinajstić information content (AvgIpc) is 3.27. The number of hydrogen-bond donors (Lipinski definition) is 0. The van der Waals surface area contributed by atoms with Crippen molar-refractivity contribution in [1.29, 1.82) is 0 Å². The molecule has 30 heavy (non-hydrogen) atoms. The van der Waals surface area contributed by atoms with Crippen molar-refractivity contribution in [1.82, 2.24) is 0 Å². The number of nitrogens with zero attached hydrogens (tertiary/aromatic N) is 2. The molecule has 1 aromatic heterocycles. The summed E-state index contributed by atoms with van der Waals surface area (Å²) in [5.74, 6) is 0.279. The van der Waals surface area contributed by atoms with Gasteiger partial charge in [-0.1, -0.05) is 18.2 Å². The summed E-state index contributed by atoms with van der Waals surface area (Å²) < 4.78 is 0. The molecule has 0 aliphatic heterocycles. The topological polar surface area (TPSA) is 6.48 Å². The number of thiophene rings is 1. The van der Waals surface area contributed by atoms with Gasteiger partial charge < -0.3 is 9.80 Å². The predicted molar refractivity (Wildman–Crippen MR) is 135 cm³/mol. The Morgan fingerprint density at radius 2 is 1.17 bits per heavy atom. The SMILES string of the molecule is CCN(CC)c1ccc(C(c2cccs2)c2ccc(N(CC)CC)cc2C)c(C)c1. The molecule has 0 aliphatic carbocycles. The van der Waals surface area contributed by atoms with Crippen LogP contribution in [0, 0.1) is 13.8 Å². The molecule has 0 saturated carbocycles. The Balaban J connectivity index is 2.08. The third-order valence-corrected chi connectivity index (χ3v) is 7.15. The van der Waals surface area contributed by atoms with Crippen LogP contribution in [0.1, 0.15) is 60.7 Å². The molecule has 3 aromatic rings. The van der Waals surface area contributed by atoms with Gasteiger partial charge in [-0.2, -0.15) is 0 Å². The monoisotopic (exact) mass is 420 g/mol. The van der Waals surface area contributed by atoms with E-state index in [2.05, 4.69) is 105 Å². The summed E-state index contributed by atoms with van der Waals surface area (Å²) in [6, 6.07) is 18.5. The van der Waals surface area contributed by atoms with Gasteiger partial charge in [-0.15, -0.1) is 11.3 Å². The van der Waals surface area contributed by atoms with Gasteiger partial charge in [-0.3, -0.25) is 0 Å². The maximum absolute atomic E-state index is 2.42. The second-order valence-electron chi connectivity index (χ2n) is 7.87. The van der Waals surface area contributed by atoms with Gasteiger partial charge in [0.05, 0.1) is 0 Å². The highest BCUT2D eigenvalue weighted by molar-refractivity contribution is 7.10. The van der Waals surface area contributed by atoms with E-state index in [-0.39, 0.29) is 5.92 Å². The number of hydrogen-bond acceptors (Lipinski definition) is 3. The highest BCUT2D eigenvalue weighted by Crippen LogP contribution is 2.39. The van der Waals surface area contributed by atoms with Crippen LogP contribution in [0.15, 0.2) is 53.9 Å². The highest BCUT2D eigenvalue weighted by atomic mass is 32.1. The molecule has 0 amide bonds. The Bertz CT molecular complexity index is 876. The van der Waals surface area contributed by atoms with Gasteiger partial charge in [0.25, 0.3) is 0 Å². The Hall–Kier alpha value is -2.26. The minimum absolute atomic E-state index is 0.279. The van der Waals surface area contributed by atoms with Crippen LogP contribution in [0.2, 0.25) is 0 Å². The first-order valence-electron chi connectivity index (χ1n) is 11.3. The molecule has 0 unspecified atom stereocenters. The molecule has 0 saturated heterocycles. The van der Waals surface area contributed by atoms with Gasteiger partial charge in [0.15, 0.2) is 0 Å². The van der Waals surface area contributed by atoms with E-state index in [1.54, 1.807) is 0 Å². The van der Waals surface area contributed by atoms with E-state index >= 15 is 0 Å². The maximum Gasteiger partial charge on any atom is 0.0439 e. The summed E-state index contributed by atoms with van der Waals surface area (Å²) in [4.78, 5) is 6.25. The zero-order valence-corrected chi connectivity index (χ0v) is 20.2. The van der Waals surface area contributed by atoms with Gasteiger partial charge >= 0.3 is 0 Å². The fraction of sp³-hybridized carbons (Fsp3) is 0.407. The molecule has 1 heterocycles. The Labute approximate surface area is 187 Å². The van der Waals surface area contributed by atoms with Crippen molar-refractivity contribution in [2.75, 3.05) is 36.0 Å². The van der Waals surface area contributed by atoms with Crippen LogP contribution in [-0.2, 0) is 0 Å². The molecule has 3 heteroatoms. The molecule has 0 bridgehead atoms. The van der Waals surface area contributed by atoms with Crippen LogP contribution in [0.4, 0.5) is 11.4 Å². The third-order valence-electron chi connectivity index (χ3n) is 6.21. The van der Waals surface area contributed by atoms with E-state index in [1.165, 1.54) is 38.5 Å². The lowest BCUT2D eigenvalue weighted by Crippen LogP contribution is -2.22. The number of anilines is 2. The summed E-state index contributed by atoms with van der Waals surface area (Å²) in [7, 11) is 0. The molecule has 0 N–H and O–H groups in total. The Morgan fingerprint density at radius 1 is 0.700 bits per heavy atom. The van der Waals surface area contributed by atoms with Crippen molar-refractivity contribution in [3.05, 3.63) is 81.0 Å². The molecule has 3 rings (SSSR count). The van der Waals surface area contributed by atoms with Crippen LogP contribution in [0.25, 0.3) is 0 Å². The van der Waals surface area contributed by atoms with Crippen LogP contribution in [0.5, 0.6) is 0 Å². The summed E-state index contributed by atoms with van der Waals surface area (Å²) in [6.07, 6.45) is 0. The van der Waals surface area contributed by atoms with E-state index in [1.807, 2.05) is 11.3 Å². The summed E-state index contributed by atoms with van der Waals surface area (Å²) >= 11 is 1.86. The predicted octanol–water partition coefficient (Wildman–Crippen LogP) is 7.24. The average molecular weight is 421 g/mol. The molecule has 2 nitrogen and oxygen atoms in total. The lowest BCUT2D eigenvalue weighted by Gasteiger charge is -2.26. The first-order valence-corrected chi connectivity index (χ1v) is 12.2. The fourth-order valence-electron chi connectivity index (χ4n) is 4.47. The molecule has 0 atom stereocenters. The van der Waals surface area contributed by atoms with Crippen LogP contribution < -0.4 is 9.80 Å². The number of benzene rings is 2. The molecular formula is C27H36N2S. The quantitative estimate of drug-likeness (QED) is 0.360. The summed E-state index contributed by atoms with van der Waals surface area (Å²) in [5.41, 5.74) is 8.19. The Morgan fingerprint density at radius 3 is 1.50 bits per heavy atom. The molecule has 0 fully saturated rings. The second-order valence-corrected chi connectivity index (χ2v) is 8.85. The van der Waals surface area contributed by atoms with Crippen molar-refractivity contribution in [2.24, 2.45) is 0 Å². The molecule has 160 valence electrons. The first kappa shape index (κ1) is 22.4. The summed E-state index contributed by atoms with van der Waals surface area (Å²) in [5, 5.41) is 2.20. The zero-order valence-electron chi connectivity index (χ0n) is 19.4. The standard InChI is InChI=1S/C27H36N2S/c1-7-28(8-2)22-13-15-24(20(5)18-22)27(26-12-11-17-30-26)25-16-14-23(19-21(25)6)29(9-3)10-4/h11-19,27H,7-10H2,1-6H3. The molecule has 0 spiro atoms. The smallest absolute Gasteiger partial charge is 0.0439 e. The molecule has 2 aromatic carbocycles. The van der Waals surface area contributed by atoms with Gasteiger partial charge in [0, 0.05) is 48.3 Å². The molecule has 0 radical (unpaired) electrons. The van der Waals surface area contributed by atoms with Crippen molar-refractivity contribution in [2.45, 2.75) is 47.5 Å². The van der Waals surface area contributed by atoms with Crippen LogP contribution in [-0.4, -0.2) is 26.2 Å². The van der Waals surface area contributed by atoms with Gasteiger partial charge in [-0.25, -0.2) is 0 Å². The lowest BCUT2D eigenvalue weighted by atomic mass is 9.84. The normalized spacial score (nSPS) is 11.2. The van der Waals surface area contributed by atoms with Gasteiger partial charge in [0.1, 0.15) is 0 Å². The van der Waals surface area contributed by atoms with Gasteiger partial charge in [-0.05, 0) is 99.5 Å². The van der Waals surface area contributed by atoms with Crippen molar-refractivity contribution in [3.8, 4) is 0 Å². The van der Waals surface area contributed by atoms with E-state index in [4.69, 9.17) is 0 Å².